The smallest absolute Gasteiger partial charge is 0.418 e. The second kappa shape index (κ2) is 9.37. The number of ether oxygens (including phenoxy) is 2. The van der Waals surface area contributed by atoms with Crippen molar-refractivity contribution in [2.75, 3.05) is 26.7 Å². The molecule has 1 heterocycles. The van der Waals surface area contributed by atoms with Crippen LogP contribution >= 0.6 is 12.4 Å². The summed E-state index contributed by atoms with van der Waals surface area (Å²) in [6.07, 6.45) is -5.94. The van der Waals surface area contributed by atoms with Crippen molar-refractivity contribution in [2.45, 2.75) is 63.5 Å². The first-order chi connectivity index (χ1) is 12.8. The van der Waals surface area contributed by atoms with Gasteiger partial charge in [-0.2, -0.15) is 13.2 Å². The van der Waals surface area contributed by atoms with Crippen molar-refractivity contribution in [3.63, 3.8) is 0 Å². The van der Waals surface area contributed by atoms with Crippen LogP contribution in [0.25, 0.3) is 0 Å². The molecule has 1 unspecified atom stereocenters. The third-order valence-electron chi connectivity index (χ3n) is 5.13. The van der Waals surface area contributed by atoms with E-state index in [-0.39, 0.29) is 35.9 Å². The molecule has 29 heavy (non-hydrogen) atoms. The van der Waals surface area contributed by atoms with Crippen molar-refractivity contribution >= 4 is 12.4 Å². The summed E-state index contributed by atoms with van der Waals surface area (Å²) < 4.78 is 66.4. The Morgan fingerprint density at radius 3 is 2.21 bits per heavy atom. The third-order valence-corrected chi connectivity index (χ3v) is 5.13. The van der Waals surface area contributed by atoms with Crippen molar-refractivity contribution < 1.29 is 32.1 Å². The van der Waals surface area contributed by atoms with Gasteiger partial charge >= 0.3 is 6.18 Å². The Morgan fingerprint density at radius 1 is 1.17 bits per heavy atom. The number of halogens is 5. The second-order valence-electron chi connectivity index (χ2n) is 8.39. The number of hydrogen-bond acceptors (Lipinski definition) is 4. The molecule has 0 bridgehead atoms. The van der Waals surface area contributed by atoms with E-state index < -0.39 is 36.0 Å². The molecule has 1 N–H and O–H groups in total. The Bertz CT molecular complexity index is 676. The van der Waals surface area contributed by atoms with E-state index in [1.165, 1.54) is 19.2 Å². The predicted octanol–water partition coefficient (Wildman–Crippen LogP) is 4.33. The van der Waals surface area contributed by atoms with Crippen LogP contribution in [0.1, 0.15) is 39.7 Å². The van der Waals surface area contributed by atoms with Gasteiger partial charge in [0.1, 0.15) is 11.6 Å². The maximum absolute atomic E-state index is 13.9. The molecule has 1 aromatic carbocycles. The topological polar surface area (TPSA) is 41.9 Å². The standard InChI is InChI=1S/C20H29F4NO3.ClH/c1-13-9-25(10-14(2)28-13)12-19(26,20(22,23)24)11-18(3,4)16-8-15(21)6-7-17(16)27-5;/h6-8,13-14,26H,9-12H2,1-5H3;1H/t13-,14-,19?;/m0./s1. The summed E-state index contributed by atoms with van der Waals surface area (Å²) in [6.45, 7) is 6.69. The van der Waals surface area contributed by atoms with Crippen LogP contribution in [0, 0.1) is 5.82 Å². The van der Waals surface area contributed by atoms with Crippen LogP contribution in [0.2, 0.25) is 0 Å². The number of methoxy groups -OCH3 is 1. The summed E-state index contributed by atoms with van der Waals surface area (Å²) in [7, 11) is 1.37. The molecule has 1 aliphatic rings. The Hall–Kier alpha value is -1.09. The first kappa shape index (κ1) is 25.9. The lowest BCUT2D eigenvalue weighted by Gasteiger charge is -2.43. The molecule has 4 nitrogen and oxygen atoms in total. The van der Waals surface area contributed by atoms with Crippen LogP contribution in [0.15, 0.2) is 18.2 Å². The molecule has 1 aliphatic heterocycles. The fourth-order valence-corrected chi connectivity index (χ4v) is 4.06. The molecule has 3 atom stereocenters. The maximum Gasteiger partial charge on any atom is 0.418 e. The van der Waals surface area contributed by atoms with E-state index >= 15 is 0 Å². The lowest BCUT2D eigenvalue weighted by Crippen LogP contribution is -2.59. The first-order valence-electron chi connectivity index (χ1n) is 9.28. The van der Waals surface area contributed by atoms with E-state index in [0.29, 0.717) is 13.1 Å². The molecule has 0 amide bonds. The number of morpholine rings is 1. The predicted molar refractivity (Wildman–Crippen MR) is 105 cm³/mol. The number of nitrogens with zero attached hydrogens (tertiary/aromatic N) is 1. The zero-order chi connectivity index (χ0) is 21.3. The van der Waals surface area contributed by atoms with Crippen LogP contribution in [0.5, 0.6) is 5.75 Å². The van der Waals surface area contributed by atoms with Gasteiger partial charge < -0.3 is 14.6 Å². The first-order valence-corrected chi connectivity index (χ1v) is 9.28. The van der Waals surface area contributed by atoms with Gasteiger partial charge in [0.2, 0.25) is 0 Å². The van der Waals surface area contributed by atoms with E-state index in [2.05, 4.69) is 0 Å². The Kier molecular flexibility index (Phi) is 8.38. The Morgan fingerprint density at radius 2 is 1.72 bits per heavy atom. The fourth-order valence-electron chi connectivity index (χ4n) is 4.06. The third kappa shape index (κ3) is 6.20. The van der Waals surface area contributed by atoms with Gasteiger partial charge in [-0.1, -0.05) is 13.8 Å². The zero-order valence-electron chi connectivity index (χ0n) is 17.3. The summed E-state index contributed by atoms with van der Waals surface area (Å²) in [5.41, 5.74) is -3.88. The van der Waals surface area contributed by atoms with Gasteiger partial charge in [0.15, 0.2) is 5.60 Å². The van der Waals surface area contributed by atoms with Gasteiger partial charge in [-0.05, 0) is 43.9 Å². The van der Waals surface area contributed by atoms with Crippen molar-refractivity contribution in [1.29, 1.82) is 0 Å². The molecule has 2 rings (SSSR count). The number of alkyl halides is 3. The van der Waals surface area contributed by atoms with Gasteiger partial charge in [0, 0.05) is 25.2 Å². The molecule has 0 spiro atoms. The molecule has 168 valence electrons. The Labute approximate surface area is 175 Å². The number of β-amino-alcohol motifs (C(OH)–C–C–N with tert-alkyl or cyclic N) is 1. The summed E-state index contributed by atoms with van der Waals surface area (Å²) in [5.74, 6) is -0.292. The summed E-state index contributed by atoms with van der Waals surface area (Å²) in [5, 5.41) is 10.8. The monoisotopic (exact) mass is 443 g/mol. The van der Waals surface area contributed by atoms with Gasteiger partial charge in [-0.15, -0.1) is 12.4 Å². The summed E-state index contributed by atoms with van der Waals surface area (Å²) in [4.78, 5) is 1.57. The molecule has 9 heteroatoms. The average Bonchev–Trinajstić information content (AvgIpc) is 2.52. The highest BCUT2D eigenvalue weighted by Crippen LogP contribution is 2.44. The van der Waals surface area contributed by atoms with Crippen molar-refractivity contribution in [1.82, 2.24) is 4.90 Å². The molecule has 0 aliphatic carbocycles. The lowest BCUT2D eigenvalue weighted by molar-refractivity contribution is -0.274. The van der Waals surface area contributed by atoms with Gasteiger partial charge in [-0.25, -0.2) is 4.39 Å². The van der Waals surface area contributed by atoms with Crippen LogP contribution in [0.4, 0.5) is 17.6 Å². The number of rotatable bonds is 6. The Balaban J connectivity index is 0.00000420. The largest absolute Gasteiger partial charge is 0.496 e. The van der Waals surface area contributed by atoms with E-state index in [1.54, 1.807) is 32.6 Å². The SMILES string of the molecule is COc1ccc(F)cc1C(C)(C)CC(O)(CN1C[C@H](C)O[C@@H](C)C1)C(F)(F)F.Cl. The van der Waals surface area contributed by atoms with Crippen LogP contribution < -0.4 is 4.74 Å². The highest BCUT2D eigenvalue weighted by atomic mass is 35.5. The minimum Gasteiger partial charge on any atom is -0.496 e. The van der Waals surface area contributed by atoms with Crippen molar-refractivity contribution in [3.05, 3.63) is 29.6 Å². The van der Waals surface area contributed by atoms with Crippen LogP contribution in [-0.4, -0.2) is 60.7 Å². The fraction of sp³-hybridized carbons (Fsp3) is 0.700. The molecular weight excluding hydrogens is 414 g/mol. The highest BCUT2D eigenvalue weighted by molar-refractivity contribution is 5.85. The van der Waals surface area contributed by atoms with Crippen molar-refractivity contribution in [2.24, 2.45) is 0 Å². The van der Waals surface area contributed by atoms with Gasteiger partial charge in [0.05, 0.1) is 19.3 Å². The molecular formula is C20H30ClF4NO3. The van der Waals surface area contributed by atoms with Crippen LogP contribution in [0.3, 0.4) is 0 Å². The molecule has 0 saturated carbocycles. The molecule has 1 aromatic rings. The summed E-state index contributed by atoms with van der Waals surface area (Å²) >= 11 is 0. The molecule has 1 fully saturated rings. The summed E-state index contributed by atoms with van der Waals surface area (Å²) in [6, 6.07) is 3.73. The van der Waals surface area contributed by atoms with E-state index in [1.807, 2.05) is 0 Å². The van der Waals surface area contributed by atoms with Gasteiger partial charge in [-0.3, -0.25) is 4.90 Å². The van der Waals surface area contributed by atoms with Crippen molar-refractivity contribution in [3.8, 4) is 5.75 Å². The minimum atomic E-state index is -4.85. The number of hydrogen-bond donors (Lipinski definition) is 1. The van der Waals surface area contributed by atoms with E-state index in [0.717, 1.165) is 6.07 Å². The second-order valence-corrected chi connectivity index (χ2v) is 8.39. The van der Waals surface area contributed by atoms with E-state index in [9.17, 15) is 22.7 Å². The normalized spacial score (nSPS) is 23.2. The molecule has 0 radical (unpaired) electrons. The molecule has 0 aromatic heterocycles. The van der Waals surface area contributed by atoms with Crippen LogP contribution in [-0.2, 0) is 10.2 Å². The van der Waals surface area contributed by atoms with Gasteiger partial charge in [0.25, 0.3) is 0 Å². The number of benzene rings is 1. The quantitative estimate of drug-likeness (QED) is 0.665. The highest BCUT2D eigenvalue weighted by Gasteiger charge is 2.57. The zero-order valence-corrected chi connectivity index (χ0v) is 18.2. The average molecular weight is 444 g/mol. The number of aliphatic hydroxyl groups is 1. The van der Waals surface area contributed by atoms with E-state index in [4.69, 9.17) is 9.47 Å². The minimum absolute atomic E-state index is 0. The lowest BCUT2D eigenvalue weighted by atomic mass is 9.74. The molecule has 1 saturated heterocycles. The maximum atomic E-state index is 13.9.